The molecule has 0 radical (unpaired) electrons. The van der Waals surface area contributed by atoms with Crippen molar-refractivity contribution < 1.29 is 0 Å². The maximum Gasteiger partial charge on any atom is 0.0540 e. The van der Waals surface area contributed by atoms with Crippen molar-refractivity contribution in [3.05, 3.63) is 234 Å². The van der Waals surface area contributed by atoms with Gasteiger partial charge in [-0.05, 0) is 126 Å². The Bertz CT molecular complexity index is 3090. The first-order valence-corrected chi connectivity index (χ1v) is 22.4. The van der Waals surface area contributed by atoms with Gasteiger partial charge in [-0.3, -0.25) is 0 Å². The third-order valence-electron chi connectivity index (χ3n) is 13.5. The van der Waals surface area contributed by atoms with Gasteiger partial charge in [0.1, 0.15) is 0 Å². The van der Waals surface area contributed by atoms with Gasteiger partial charge in [0.2, 0.25) is 0 Å². The van der Waals surface area contributed by atoms with Crippen molar-refractivity contribution in [2.45, 2.75) is 64.7 Å². The van der Waals surface area contributed by atoms with Crippen LogP contribution in [-0.4, -0.2) is 0 Å². The molecule has 1 aliphatic rings. The van der Waals surface area contributed by atoms with E-state index in [1.807, 2.05) is 0 Å². The third-order valence-corrected chi connectivity index (χ3v) is 13.5. The van der Waals surface area contributed by atoms with Crippen LogP contribution in [-0.2, 0) is 16.2 Å². The zero-order valence-electron chi connectivity index (χ0n) is 37.6. The Labute approximate surface area is 374 Å². The van der Waals surface area contributed by atoms with Crippen molar-refractivity contribution in [3.63, 3.8) is 0 Å². The van der Waals surface area contributed by atoms with Gasteiger partial charge in [0, 0.05) is 22.4 Å². The Morgan fingerprint density at radius 3 is 1.56 bits per heavy atom. The number of fused-ring (bicyclic) bond motifs is 4. The Morgan fingerprint density at radius 2 is 0.889 bits per heavy atom. The van der Waals surface area contributed by atoms with Crippen LogP contribution in [0.15, 0.2) is 206 Å². The molecule has 0 saturated heterocycles. The monoisotopic (exact) mass is 813 g/mol. The molecule has 0 aliphatic heterocycles. The number of rotatable bonds is 7. The van der Waals surface area contributed by atoms with Crippen molar-refractivity contribution >= 4 is 27.8 Å². The highest BCUT2D eigenvalue weighted by atomic mass is 15.1. The highest BCUT2D eigenvalue weighted by Crippen LogP contribution is 2.55. The molecule has 0 saturated carbocycles. The van der Waals surface area contributed by atoms with Crippen LogP contribution in [0.1, 0.15) is 76.3 Å². The van der Waals surface area contributed by atoms with E-state index in [9.17, 15) is 0 Å². The average Bonchev–Trinajstić information content (AvgIpc) is 3.58. The second-order valence-corrected chi connectivity index (χ2v) is 19.5. The summed E-state index contributed by atoms with van der Waals surface area (Å²) in [6, 6.07) is 76.8. The van der Waals surface area contributed by atoms with E-state index in [-0.39, 0.29) is 16.2 Å². The zero-order chi connectivity index (χ0) is 43.5. The van der Waals surface area contributed by atoms with Crippen molar-refractivity contribution in [3.8, 4) is 44.5 Å². The summed E-state index contributed by atoms with van der Waals surface area (Å²) in [4.78, 5) is 2.50. The molecule has 0 spiro atoms. The summed E-state index contributed by atoms with van der Waals surface area (Å²) in [5.41, 5.74) is 19.7. The second-order valence-electron chi connectivity index (χ2n) is 19.5. The summed E-state index contributed by atoms with van der Waals surface area (Å²) in [6.45, 7) is 16.3. The van der Waals surface area contributed by atoms with Gasteiger partial charge < -0.3 is 4.90 Å². The molecule has 0 amide bonds. The normalized spacial score (nSPS) is 14.7. The van der Waals surface area contributed by atoms with Gasteiger partial charge in [-0.2, -0.15) is 0 Å². The largest absolute Gasteiger partial charge is 0.310 e. The summed E-state index contributed by atoms with van der Waals surface area (Å²) in [6.07, 6.45) is 0. The minimum absolute atomic E-state index is 0.0521. The maximum atomic E-state index is 2.50. The highest BCUT2D eigenvalue weighted by Gasteiger charge is 2.41. The Balaban J connectivity index is 1.18. The first kappa shape index (κ1) is 40.1. The first-order chi connectivity index (χ1) is 30.4. The molecular formula is C62H55N. The van der Waals surface area contributed by atoms with E-state index in [4.69, 9.17) is 0 Å². The lowest BCUT2D eigenvalue weighted by Gasteiger charge is -2.32. The van der Waals surface area contributed by atoms with Crippen LogP contribution in [0.2, 0.25) is 0 Å². The van der Waals surface area contributed by atoms with E-state index in [0.717, 1.165) is 17.1 Å². The van der Waals surface area contributed by atoms with Crippen LogP contribution in [0.3, 0.4) is 0 Å². The average molecular weight is 814 g/mol. The summed E-state index contributed by atoms with van der Waals surface area (Å²) in [5.74, 6) is 0. The molecule has 10 rings (SSSR count). The van der Waals surface area contributed by atoms with Crippen molar-refractivity contribution in [2.75, 3.05) is 4.90 Å². The fourth-order valence-electron chi connectivity index (χ4n) is 10.0. The fraction of sp³-hybridized carbons (Fsp3) is 0.161. The van der Waals surface area contributed by atoms with E-state index in [1.165, 1.54) is 83.1 Å². The number of para-hydroxylation sites is 1. The Hall–Kier alpha value is -6.96. The molecule has 0 N–H and O–H groups in total. The Kier molecular flexibility index (Phi) is 9.83. The van der Waals surface area contributed by atoms with Crippen LogP contribution in [0, 0.1) is 0 Å². The molecule has 1 nitrogen and oxygen atoms in total. The van der Waals surface area contributed by atoms with E-state index in [0.29, 0.717) is 0 Å². The predicted molar refractivity (Wildman–Crippen MR) is 270 cm³/mol. The molecule has 0 fully saturated rings. The Morgan fingerprint density at radius 1 is 0.381 bits per heavy atom. The second kappa shape index (κ2) is 15.4. The van der Waals surface area contributed by atoms with Crippen molar-refractivity contribution in [1.29, 1.82) is 0 Å². The smallest absolute Gasteiger partial charge is 0.0540 e. The first-order valence-electron chi connectivity index (χ1n) is 22.4. The number of anilines is 3. The number of nitrogens with zero attached hydrogens (tertiary/aromatic N) is 1. The molecule has 1 unspecified atom stereocenters. The van der Waals surface area contributed by atoms with Crippen LogP contribution < -0.4 is 4.90 Å². The molecule has 1 heteroatoms. The van der Waals surface area contributed by atoms with Gasteiger partial charge in [0.25, 0.3) is 0 Å². The molecule has 0 bridgehead atoms. The number of benzene rings is 9. The molecule has 308 valence electrons. The molecule has 0 aromatic heterocycles. The minimum Gasteiger partial charge on any atom is -0.310 e. The van der Waals surface area contributed by atoms with E-state index in [1.54, 1.807) is 0 Å². The SMILES string of the molecule is CC(C)(C)c1cc(N(c2ccc(-c3cccc4c3-c3ccccc3C4(C)c3ccccc3)cc2)c2ccccc2-c2cccc3cccc(-c4ccccc4)c23)cc(C(C)(C)C)c1. The topological polar surface area (TPSA) is 3.24 Å². The van der Waals surface area contributed by atoms with Gasteiger partial charge in [-0.15, -0.1) is 0 Å². The number of hydrogen-bond donors (Lipinski definition) is 0. The summed E-state index contributed by atoms with van der Waals surface area (Å²) in [7, 11) is 0. The van der Waals surface area contributed by atoms with Crippen LogP contribution in [0.4, 0.5) is 17.1 Å². The minimum atomic E-state index is -0.255. The van der Waals surface area contributed by atoms with Gasteiger partial charge >= 0.3 is 0 Å². The van der Waals surface area contributed by atoms with Gasteiger partial charge in [-0.25, -0.2) is 0 Å². The van der Waals surface area contributed by atoms with Crippen molar-refractivity contribution in [1.82, 2.24) is 0 Å². The van der Waals surface area contributed by atoms with Crippen LogP contribution >= 0.6 is 0 Å². The van der Waals surface area contributed by atoms with Crippen LogP contribution in [0.25, 0.3) is 55.3 Å². The fourth-order valence-corrected chi connectivity index (χ4v) is 10.0. The van der Waals surface area contributed by atoms with E-state index >= 15 is 0 Å². The highest BCUT2D eigenvalue weighted by molar-refractivity contribution is 6.09. The quantitative estimate of drug-likeness (QED) is 0.155. The molecule has 9 aromatic carbocycles. The van der Waals surface area contributed by atoms with E-state index < -0.39 is 0 Å². The van der Waals surface area contributed by atoms with Crippen molar-refractivity contribution in [2.24, 2.45) is 0 Å². The molecule has 9 aromatic rings. The molecule has 0 heterocycles. The number of hydrogen-bond acceptors (Lipinski definition) is 1. The molecule has 1 atom stereocenters. The summed E-state index contributed by atoms with van der Waals surface area (Å²) < 4.78 is 0. The molecular weight excluding hydrogens is 759 g/mol. The van der Waals surface area contributed by atoms with E-state index in [2.05, 4.69) is 260 Å². The zero-order valence-corrected chi connectivity index (χ0v) is 37.6. The molecule has 1 aliphatic carbocycles. The lowest BCUT2D eigenvalue weighted by Crippen LogP contribution is -2.22. The van der Waals surface area contributed by atoms with Gasteiger partial charge in [0.05, 0.1) is 5.69 Å². The maximum absolute atomic E-state index is 2.50. The summed E-state index contributed by atoms with van der Waals surface area (Å²) in [5, 5.41) is 2.48. The predicted octanol–water partition coefficient (Wildman–Crippen LogP) is 17.2. The third kappa shape index (κ3) is 6.97. The lowest BCUT2D eigenvalue weighted by molar-refractivity contribution is 0.569. The molecule has 63 heavy (non-hydrogen) atoms. The van der Waals surface area contributed by atoms with Gasteiger partial charge in [-0.1, -0.05) is 217 Å². The van der Waals surface area contributed by atoms with Gasteiger partial charge in [0.15, 0.2) is 0 Å². The standard InChI is InChI=1S/C62H55N/c1-60(2,3)46-39-47(61(4,5)6)41-49(40-46)63(57-34-17-15-27-52(57)53-31-19-24-44-23-18-29-50(58(44)53)42-21-10-8-11-22-42)48-37-35-43(36-38-48)51-30-20-33-56-59(51)54-28-14-16-32-55(54)62(56,7)45-25-12-9-13-26-45/h8-41H,1-7H3. The lowest BCUT2D eigenvalue weighted by atomic mass is 9.74. The summed E-state index contributed by atoms with van der Waals surface area (Å²) >= 11 is 0. The van der Waals surface area contributed by atoms with Crippen LogP contribution in [0.5, 0.6) is 0 Å².